The molecule has 0 amide bonds. The Morgan fingerprint density at radius 3 is 2.71 bits per heavy atom. The summed E-state index contributed by atoms with van der Waals surface area (Å²) in [4.78, 5) is 0. The van der Waals surface area contributed by atoms with Gasteiger partial charge in [0.15, 0.2) is 0 Å². The van der Waals surface area contributed by atoms with Crippen molar-refractivity contribution < 1.29 is 4.39 Å². The Morgan fingerprint density at radius 1 is 1.43 bits per heavy atom. The van der Waals surface area contributed by atoms with Crippen LogP contribution in [0.15, 0.2) is 16.6 Å². The lowest BCUT2D eigenvalue weighted by molar-refractivity contribution is 0.445. The summed E-state index contributed by atoms with van der Waals surface area (Å²) in [7, 11) is 0. The van der Waals surface area contributed by atoms with Crippen LogP contribution in [0, 0.1) is 12.7 Å². The van der Waals surface area contributed by atoms with Crippen LogP contribution in [0.4, 0.5) is 10.1 Å². The molecule has 0 aliphatic heterocycles. The molecule has 0 atom stereocenters. The van der Waals surface area contributed by atoms with Crippen LogP contribution < -0.4 is 5.32 Å². The molecule has 1 aromatic rings. The average molecular weight is 258 g/mol. The van der Waals surface area contributed by atoms with Gasteiger partial charge >= 0.3 is 0 Å². The molecular weight excluding hydrogens is 245 g/mol. The second-order valence-corrected chi connectivity index (χ2v) is 4.71. The van der Waals surface area contributed by atoms with Gasteiger partial charge in [-0.25, -0.2) is 4.39 Å². The van der Waals surface area contributed by atoms with Crippen LogP contribution in [0.1, 0.15) is 24.8 Å². The van der Waals surface area contributed by atoms with E-state index >= 15 is 0 Å². The average Bonchev–Trinajstić information content (AvgIpc) is 2.06. The van der Waals surface area contributed by atoms with E-state index in [-0.39, 0.29) is 5.82 Å². The molecule has 1 N–H and O–H groups in total. The monoisotopic (exact) mass is 257 g/mol. The van der Waals surface area contributed by atoms with Gasteiger partial charge in [-0.15, -0.1) is 0 Å². The smallest absolute Gasteiger partial charge is 0.137 e. The highest BCUT2D eigenvalue weighted by molar-refractivity contribution is 9.10. The Bertz CT molecular complexity index is 347. The molecule has 0 heterocycles. The number of aryl methyl sites for hydroxylation is 1. The Hall–Kier alpha value is -0.570. The molecular formula is C11H13BrFN. The SMILES string of the molecule is Cc1cc(F)c(Br)cc1NC1CCC1. The zero-order valence-electron chi connectivity index (χ0n) is 8.11. The lowest BCUT2D eigenvalue weighted by Crippen LogP contribution is -2.27. The summed E-state index contributed by atoms with van der Waals surface area (Å²) < 4.78 is 13.7. The minimum Gasteiger partial charge on any atom is -0.382 e. The summed E-state index contributed by atoms with van der Waals surface area (Å²) >= 11 is 3.20. The van der Waals surface area contributed by atoms with Crippen molar-refractivity contribution >= 4 is 21.6 Å². The van der Waals surface area contributed by atoms with Crippen LogP contribution in [-0.2, 0) is 0 Å². The van der Waals surface area contributed by atoms with Crippen molar-refractivity contribution in [1.29, 1.82) is 0 Å². The zero-order chi connectivity index (χ0) is 10.1. The molecule has 0 aromatic heterocycles. The molecule has 1 nitrogen and oxygen atoms in total. The molecule has 1 fully saturated rings. The van der Waals surface area contributed by atoms with Crippen LogP contribution in [0.25, 0.3) is 0 Å². The molecule has 0 unspecified atom stereocenters. The molecule has 76 valence electrons. The van der Waals surface area contributed by atoms with Crippen LogP contribution in [0.5, 0.6) is 0 Å². The molecule has 1 aromatic carbocycles. The van der Waals surface area contributed by atoms with Crippen LogP contribution in [-0.4, -0.2) is 6.04 Å². The van der Waals surface area contributed by atoms with Gasteiger partial charge in [-0.2, -0.15) is 0 Å². The van der Waals surface area contributed by atoms with E-state index < -0.39 is 0 Å². The Labute approximate surface area is 91.8 Å². The van der Waals surface area contributed by atoms with Crippen molar-refractivity contribution in [3.63, 3.8) is 0 Å². The first-order valence-electron chi connectivity index (χ1n) is 4.89. The summed E-state index contributed by atoms with van der Waals surface area (Å²) in [6.07, 6.45) is 3.77. The van der Waals surface area contributed by atoms with Crippen molar-refractivity contribution in [3.05, 3.63) is 28.0 Å². The second kappa shape index (κ2) is 3.89. The molecule has 1 aliphatic rings. The molecule has 0 radical (unpaired) electrons. The van der Waals surface area contributed by atoms with Gasteiger partial charge in [-0.3, -0.25) is 0 Å². The Morgan fingerprint density at radius 2 is 2.14 bits per heavy atom. The molecule has 14 heavy (non-hydrogen) atoms. The summed E-state index contributed by atoms with van der Waals surface area (Å²) in [6.45, 7) is 1.93. The first-order valence-corrected chi connectivity index (χ1v) is 5.68. The third-order valence-corrected chi connectivity index (χ3v) is 3.34. The zero-order valence-corrected chi connectivity index (χ0v) is 9.70. The number of halogens is 2. The fourth-order valence-electron chi connectivity index (χ4n) is 1.57. The highest BCUT2D eigenvalue weighted by atomic mass is 79.9. The number of benzene rings is 1. The van der Waals surface area contributed by atoms with Crippen LogP contribution >= 0.6 is 15.9 Å². The van der Waals surface area contributed by atoms with Gasteiger partial charge in [0.25, 0.3) is 0 Å². The topological polar surface area (TPSA) is 12.0 Å². The van der Waals surface area contributed by atoms with E-state index in [4.69, 9.17) is 0 Å². The van der Waals surface area contributed by atoms with E-state index in [0.717, 1.165) is 11.3 Å². The van der Waals surface area contributed by atoms with Crippen molar-refractivity contribution in [1.82, 2.24) is 0 Å². The summed E-state index contributed by atoms with van der Waals surface area (Å²) in [5.74, 6) is -0.193. The number of hydrogen-bond acceptors (Lipinski definition) is 1. The maximum atomic E-state index is 13.1. The Balaban J connectivity index is 2.19. The van der Waals surface area contributed by atoms with Gasteiger partial charge < -0.3 is 5.32 Å². The number of nitrogens with one attached hydrogen (secondary N) is 1. The summed E-state index contributed by atoms with van der Waals surface area (Å²) in [5, 5.41) is 3.42. The van der Waals surface area contributed by atoms with E-state index in [0.29, 0.717) is 10.5 Å². The van der Waals surface area contributed by atoms with E-state index in [1.165, 1.54) is 19.3 Å². The van der Waals surface area contributed by atoms with E-state index in [1.54, 1.807) is 6.07 Å². The van der Waals surface area contributed by atoms with Crippen LogP contribution in [0.3, 0.4) is 0 Å². The molecule has 0 saturated heterocycles. The lowest BCUT2D eigenvalue weighted by Gasteiger charge is -2.28. The lowest BCUT2D eigenvalue weighted by atomic mass is 9.92. The van der Waals surface area contributed by atoms with Crippen molar-refractivity contribution in [2.75, 3.05) is 5.32 Å². The maximum absolute atomic E-state index is 13.1. The predicted octanol–water partition coefficient (Wildman–Crippen LogP) is 3.86. The van der Waals surface area contributed by atoms with Crippen molar-refractivity contribution in [2.24, 2.45) is 0 Å². The fraction of sp³-hybridized carbons (Fsp3) is 0.455. The molecule has 1 saturated carbocycles. The maximum Gasteiger partial charge on any atom is 0.137 e. The predicted molar refractivity (Wildman–Crippen MR) is 60.1 cm³/mol. The third kappa shape index (κ3) is 1.92. The first-order chi connectivity index (χ1) is 6.66. The highest BCUT2D eigenvalue weighted by Gasteiger charge is 2.18. The van der Waals surface area contributed by atoms with E-state index in [1.807, 2.05) is 13.0 Å². The molecule has 0 bridgehead atoms. The van der Waals surface area contributed by atoms with Gasteiger partial charge in [0.2, 0.25) is 0 Å². The van der Waals surface area contributed by atoms with Gasteiger partial charge in [-0.1, -0.05) is 0 Å². The summed E-state index contributed by atoms with van der Waals surface area (Å²) in [5.41, 5.74) is 2.01. The van der Waals surface area contributed by atoms with Crippen LogP contribution in [0.2, 0.25) is 0 Å². The fourth-order valence-corrected chi connectivity index (χ4v) is 1.92. The molecule has 2 rings (SSSR count). The van der Waals surface area contributed by atoms with Gasteiger partial charge in [0, 0.05) is 11.7 Å². The van der Waals surface area contributed by atoms with Gasteiger partial charge in [-0.05, 0) is 59.8 Å². The van der Waals surface area contributed by atoms with E-state index in [9.17, 15) is 4.39 Å². The number of anilines is 1. The highest BCUT2D eigenvalue weighted by Crippen LogP contribution is 2.28. The second-order valence-electron chi connectivity index (χ2n) is 3.85. The minimum atomic E-state index is -0.193. The normalized spacial score (nSPS) is 16.5. The largest absolute Gasteiger partial charge is 0.382 e. The standard InChI is InChI=1S/C11H13BrFN/c1-7-5-10(13)9(12)6-11(7)14-8-3-2-4-8/h5-6,8,14H,2-4H2,1H3. The first kappa shape index (κ1) is 9.97. The molecule has 0 spiro atoms. The summed E-state index contributed by atoms with van der Waals surface area (Å²) in [6, 6.07) is 3.97. The van der Waals surface area contributed by atoms with Gasteiger partial charge in [0.1, 0.15) is 5.82 Å². The van der Waals surface area contributed by atoms with Crippen molar-refractivity contribution in [3.8, 4) is 0 Å². The molecule has 3 heteroatoms. The Kier molecular flexibility index (Phi) is 2.77. The van der Waals surface area contributed by atoms with Gasteiger partial charge in [0.05, 0.1) is 4.47 Å². The quantitative estimate of drug-likeness (QED) is 0.849. The van der Waals surface area contributed by atoms with E-state index in [2.05, 4.69) is 21.2 Å². The third-order valence-electron chi connectivity index (χ3n) is 2.73. The minimum absolute atomic E-state index is 0.193. The number of hydrogen-bond donors (Lipinski definition) is 1. The number of rotatable bonds is 2. The van der Waals surface area contributed by atoms with Crippen molar-refractivity contribution in [2.45, 2.75) is 32.2 Å². The molecule has 1 aliphatic carbocycles.